The average Bonchev–Trinajstić information content (AvgIpc) is 3.07. The third kappa shape index (κ3) is 4.43. The summed E-state index contributed by atoms with van der Waals surface area (Å²) >= 11 is 0. The van der Waals surface area contributed by atoms with Crippen LogP contribution in [0.1, 0.15) is 26.2 Å². The molecule has 0 unspecified atom stereocenters. The van der Waals surface area contributed by atoms with Gasteiger partial charge in [0.2, 0.25) is 5.88 Å². The molecule has 0 saturated heterocycles. The summed E-state index contributed by atoms with van der Waals surface area (Å²) in [7, 11) is 0. The van der Waals surface area contributed by atoms with E-state index in [0.717, 1.165) is 40.9 Å². The highest BCUT2D eigenvalue weighted by Crippen LogP contribution is 2.39. The number of hydrogen-bond acceptors (Lipinski definition) is 4. The molecule has 0 bridgehead atoms. The second-order valence-electron chi connectivity index (χ2n) is 7.41. The van der Waals surface area contributed by atoms with Crippen LogP contribution in [0.2, 0.25) is 0 Å². The molecule has 0 aliphatic carbocycles. The van der Waals surface area contributed by atoms with Gasteiger partial charge >= 0.3 is 5.91 Å². The van der Waals surface area contributed by atoms with E-state index < -0.39 is 5.91 Å². The van der Waals surface area contributed by atoms with Crippen molar-refractivity contribution >= 4 is 33.3 Å². The van der Waals surface area contributed by atoms with Gasteiger partial charge in [0.15, 0.2) is 12.3 Å². The summed E-state index contributed by atoms with van der Waals surface area (Å²) in [4.78, 5) is 12.3. The quantitative estimate of drug-likeness (QED) is 0.268. The standard InChI is InChI=1S/C25H25N3O3/c1-2-3-8-16-28-21-14-7-6-13-20(21)24(25(28)30)27-26-23(29)17-31-22-15-9-11-18-10-4-5-12-19(18)22/h4-7,9-15,30H,2-3,8,16-17H2,1H3. The van der Waals surface area contributed by atoms with Crippen molar-refractivity contribution in [1.29, 1.82) is 0 Å². The molecule has 0 fully saturated rings. The van der Waals surface area contributed by atoms with Crippen molar-refractivity contribution in [3.05, 3.63) is 66.7 Å². The summed E-state index contributed by atoms with van der Waals surface area (Å²) in [6.45, 7) is 2.60. The molecule has 1 heterocycles. The van der Waals surface area contributed by atoms with Gasteiger partial charge in [0.05, 0.1) is 5.52 Å². The Morgan fingerprint density at radius 2 is 1.71 bits per heavy atom. The lowest BCUT2D eigenvalue weighted by atomic mass is 10.1. The highest BCUT2D eigenvalue weighted by molar-refractivity contribution is 5.95. The van der Waals surface area contributed by atoms with Crippen LogP contribution < -0.4 is 4.74 Å². The number of aromatic nitrogens is 1. The fourth-order valence-corrected chi connectivity index (χ4v) is 3.71. The van der Waals surface area contributed by atoms with Crippen molar-refractivity contribution in [2.24, 2.45) is 10.2 Å². The molecule has 4 aromatic rings. The molecule has 0 aliphatic rings. The lowest BCUT2D eigenvalue weighted by Crippen LogP contribution is -2.08. The molecule has 6 heteroatoms. The Morgan fingerprint density at radius 1 is 0.968 bits per heavy atom. The minimum absolute atomic E-state index is 0.0313. The molecule has 0 atom stereocenters. The van der Waals surface area contributed by atoms with Gasteiger partial charge in [0.1, 0.15) is 5.75 Å². The summed E-state index contributed by atoms with van der Waals surface area (Å²) < 4.78 is 7.52. The van der Waals surface area contributed by atoms with Crippen LogP contribution in [-0.2, 0) is 11.3 Å². The maximum atomic E-state index is 12.3. The molecule has 6 nitrogen and oxygen atoms in total. The van der Waals surface area contributed by atoms with E-state index in [1.165, 1.54) is 0 Å². The number of para-hydroxylation sites is 1. The minimum Gasteiger partial charge on any atom is -0.493 e. The number of carbonyl (C=O) groups is 1. The van der Waals surface area contributed by atoms with Gasteiger partial charge in [0, 0.05) is 17.3 Å². The first-order valence-electron chi connectivity index (χ1n) is 10.5. The molecule has 0 spiro atoms. The smallest absolute Gasteiger partial charge is 0.302 e. The number of rotatable bonds is 8. The first-order valence-corrected chi connectivity index (χ1v) is 10.5. The third-order valence-electron chi connectivity index (χ3n) is 5.27. The maximum absolute atomic E-state index is 12.3. The van der Waals surface area contributed by atoms with E-state index in [0.29, 0.717) is 18.0 Å². The molecule has 158 valence electrons. The molecule has 0 saturated carbocycles. The highest BCUT2D eigenvalue weighted by atomic mass is 16.5. The zero-order valence-electron chi connectivity index (χ0n) is 17.5. The topological polar surface area (TPSA) is 76.2 Å². The number of hydrogen-bond donors (Lipinski definition) is 1. The first kappa shape index (κ1) is 20.6. The van der Waals surface area contributed by atoms with Gasteiger partial charge in [-0.05, 0) is 23.9 Å². The number of fused-ring (bicyclic) bond motifs is 2. The van der Waals surface area contributed by atoms with Crippen molar-refractivity contribution in [2.45, 2.75) is 32.7 Å². The Hall–Kier alpha value is -3.67. The van der Waals surface area contributed by atoms with Gasteiger partial charge in [-0.1, -0.05) is 74.4 Å². The van der Waals surface area contributed by atoms with E-state index in [-0.39, 0.29) is 12.5 Å². The molecule has 0 radical (unpaired) electrons. The van der Waals surface area contributed by atoms with Gasteiger partial charge in [0.25, 0.3) is 0 Å². The van der Waals surface area contributed by atoms with Gasteiger partial charge < -0.3 is 14.4 Å². The summed E-state index contributed by atoms with van der Waals surface area (Å²) in [5.74, 6) is 0.135. The van der Waals surface area contributed by atoms with E-state index >= 15 is 0 Å². The number of unbranched alkanes of at least 4 members (excludes halogenated alkanes) is 2. The zero-order chi connectivity index (χ0) is 21.6. The average molecular weight is 415 g/mol. The molecule has 31 heavy (non-hydrogen) atoms. The van der Waals surface area contributed by atoms with Crippen LogP contribution in [-0.4, -0.2) is 22.2 Å². The first-order chi connectivity index (χ1) is 15.2. The molecule has 1 amide bonds. The van der Waals surface area contributed by atoms with Crippen molar-refractivity contribution in [1.82, 2.24) is 4.57 Å². The summed E-state index contributed by atoms with van der Waals surface area (Å²) in [5.41, 5.74) is 1.19. The largest absolute Gasteiger partial charge is 0.493 e. The number of aryl methyl sites for hydroxylation is 1. The van der Waals surface area contributed by atoms with Crippen LogP contribution in [0, 0.1) is 0 Å². The molecule has 3 aromatic carbocycles. The molecule has 1 aromatic heterocycles. The Morgan fingerprint density at radius 3 is 2.55 bits per heavy atom. The zero-order valence-corrected chi connectivity index (χ0v) is 17.5. The van der Waals surface area contributed by atoms with E-state index in [1.807, 2.05) is 71.3 Å². The van der Waals surface area contributed by atoms with Crippen molar-refractivity contribution in [3.63, 3.8) is 0 Å². The van der Waals surface area contributed by atoms with E-state index in [2.05, 4.69) is 17.2 Å². The monoisotopic (exact) mass is 415 g/mol. The second kappa shape index (κ2) is 9.43. The number of ether oxygens (including phenoxy) is 1. The fraction of sp³-hybridized carbons (Fsp3) is 0.240. The number of azo groups is 1. The predicted molar refractivity (Wildman–Crippen MR) is 122 cm³/mol. The normalized spacial score (nSPS) is 11.5. The van der Waals surface area contributed by atoms with Crippen molar-refractivity contribution in [2.75, 3.05) is 6.61 Å². The van der Waals surface area contributed by atoms with E-state index in [1.54, 1.807) is 0 Å². The van der Waals surface area contributed by atoms with E-state index in [4.69, 9.17) is 4.74 Å². The SMILES string of the molecule is CCCCCn1c(O)c(N=NC(=O)COc2cccc3ccccc23)c2ccccc21. The van der Waals surface area contributed by atoms with Crippen LogP contribution in [0.5, 0.6) is 11.6 Å². The summed E-state index contributed by atoms with van der Waals surface area (Å²) in [6.07, 6.45) is 3.13. The van der Waals surface area contributed by atoms with Gasteiger partial charge in [-0.2, -0.15) is 0 Å². The predicted octanol–water partition coefficient (Wildman–Crippen LogP) is 6.38. The molecule has 0 aliphatic heterocycles. The number of amides is 1. The van der Waals surface area contributed by atoms with Gasteiger partial charge in [-0.25, -0.2) is 0 Å². The molecular weight excluding hydrogens is 390 g/mol. The van der Waals surface area contributed by atoms with E-state index in [9.17, 15) is 9.90 Å². The van der Waals surface area contributed by atoms with Crippen molar-refractivity contribution < 1.29 is 14.6 Å². The van der Waals surface area contributed by atoms with Crippen LogP contribution in [0.25, 0.3) is 21.7 Å². The molecule has 4 rings (SSSR count). The fourth-order valence-electron chi connectivity index (χ4n) is 3.71. The number of benzene rings is 3. The van der Waals surface area contributed by atoms with Gasteiger partial charge in [-0.3, -0.25) is 4.79 Å². The van der Waals surface area contributed by atoms with Crippen LogP contribution in [0.15, 0.2) is 77.0 Å². The number of carbonyl (C=O) groups excluding carboxylic acids is 1. The second-order valence-corrected chi connectivity index (χ2v) is 7.41. The van der Waals surface area contributed by atoms with Crippen LogP contribution >= 0.6 is 0 Å². The Balaban J connectivity index is 1.51. The number of aromatic hydroxyl groups is 1. The lowest BCUT2D eigenvalue weighted by molar-refractivity contribution is -0.120. The van der Waals surface area contributed by atoms with Gasteiger partial charge in [-0.15, -0.1) is 10.2 Å². The van der Waals surface area contributed by atoms with Crippen molar-refractivity contribution in [3.8, 4) is 11.6 Å². The third-order valence-corrected chi connectivity index (χ3v) is 5.27. The molecule has 1 N–H and O–H groups in total. The minimum atomic E-state index is -0.518. The lowest BCUT2D eigenvalue weighted by Gasteiger charge is -2.07. The summed E-state index contributed by atoms with van der Waals surface area (Å²) in [6, 6.07) is 21.1. The summed E-state index contributed by atoms with van der Waals surface area (Å²) in [5, 5.41) is 21.3. The van der Waals surface area contributed by atoms with Crippen LogP contribution in [0.3, 0.4) is 0 Å². The maximum Gasteiger partial charge on any atom is 0.302 e. The molecular formula is C25H25N3O3. The Kier molecular flexibility index (Phi) is 6.26. The highest BCUT2D eigenvalue weighted by Gasteiger charge is 2.16. The number of nitrogens with zero attached hydrogens (tertiary/aromatic N) is 3. The van der Waals surface area contributed by atoms with Crippen LogP contribution in [0.4, 0.5) is 5.69 Å². The Labute approximate surface area is 180 Å². The Bertz CT molecular complexity index is 1240.